The molecule has 8 nitrogen and oxygen atoms in total. The van der Waals surface area contributed by atoms with Gasteiger partial charge in [0.1, 0.15) is 5.75 Å². The first-order valence-corrected chi connectivity index (χ1v) is 7.93. The van der Waals surface area contributed by atoms with Crippen LogP contribution >= 0.6 is 0 Å². The fraction of sp³-hybridized carbons (Fsp3) is 0.211. The molecule has 0 aliphatic heterocycles. The predicted octanol–water partition coefficient (Wildman–Crippen LogP) is 3.22. The van der Waals surface area contributed by atoms with Crippen molar-refractivity contribution in [1.29, 1.82) is 0 Å². The Labute approximate surface area is 156 Å². The zero-order chi connectivity index (χ0) is 20.0. The number of nitrogens with one attached hydrogen (secondary N) is 2. The summed E-state index contributed by atoms with van der Waals surface area (Å²) in [5, 5.41) is 5.24. The van der Waals surface area contributed by atoms with Gasteiger partial charge in [0.15, 0.2) is 0 Å². The van der Waals surface area contributed by atoms with Crippen LogP contribution in [0.25, 0.3) is 0 Å². The Balaban J connectivity index is 2.27. The number of anilines is 2. The first-order valence-electron chi connectivity index (χ1n) is 7.93. The molecular formula is C19H20N2O6. The molecule has 27 heavy (non-hydrogen) atoms. The maximum absolute atomic E-state index is 12.4. The quantitative estimate of drug-likeness (QED) is 0.781. The molecular weight excluding hydrogens is 352 g/mol. The minimum Gasteiger partial charge on any atom is -0.497 e. The third-order valence-corrected chi connectivity index (χ3v) is 3.78. The first-order chi connectivity index (χ1) is 12.9. The molecule has 0 atom stereocenters. The maximum Gasteiger partial charge on any atom is 0.339 e. The molecule has 8 heteroatoms. The van der Waals surface area contributed by atoms with Gasteiger partial charge in [-0.05, 0) is 48.9 Å². The summed E-state index contributed by atoms with van der Waals surface area (Å²) in [6, 6.07) is 8.73. The number of amides is 2. The second kappa shape index (κ2) is 8.70. The van der Waals surface area contributed by atoms with Gasteiger partial charge in [-0.25, -0.2) is 14.4 Å². The average molecular weight is 372 g/mol. The van der Waals surface area contributed by atoms with Gasteiger partial charge in [-0.15, -0.1) is 0 Å². The van der Waals surface area contributed by atoms with E-state index in [0.29, 0.717) is 11.4 Å². The van der Waals surface area contributed by atoms with Crippen LogP contribution in [0.15, 0.2) is 36.4 Å². The van der Waals surface area contributed by atoms with Gasteiger partial charge in [0, 0.05) is 5.69 Å². The summed E-state index contributed by atoms with van der Waals surface area (Å²) in [5.41, 5.74) is 1.76. The standard InChI is InChI=1S/C19H20N2O6/c1-11-9-13(25-2)6-8-15(11)20-19(24)21-16-10-12(17(22)26-3)5-7-14(16)18(23)27-4/h5-10H,1-4H3,(H2,20,21,24). The minimum absolute atomic E-state index is 0.103. The van der Waals surface area contributed by atoms with E-state index in [1.165, 1.54) is 32.4 Å². The molecule has 0 unspecified atom stereocenters. The number of hydrogen-bond donors (Lipinski definition) is 2. The lowest BCUT2D eigenvalue weighted by Crippen LogP contribution is -2.22. The zero-order valence-electron chi connectivity index (χ0n) is 15.4. The number of benzene rings is 2. The Hall–Kier alpha value is -3.55. The van der Waals surface area contributed by atoms with E-state index in [2.05, 4.69) is 15.4 Å². The van der Waals surface area contributed by atoms with Gasteiger partial charge in [-0.2, -0.15) is 0 Å². The van der Waals surface area contributed by atoms with Crippen molar-refractivity contribution >= 4 is 29.3 Å². The largest absolute Gasteiger partial charge is 0.497 e. The molecule has 2 rings (SSSR count). The van der Waals surface area contributed by atoms with E-state index in [9.17, 15) is 14.4 Å². The Morgan fingerprint density at radius 2 is 1.48 bits per heavy atom. The van der Waals surface area contributed by atoms with Crippen LogP contribution in [-0.2, 0) is 9.47 Å². The third-order valence-electron chi connectivity index (χ3n) is 3.78. The van der Waals surface area contributed by atoms with Gasteiger partial charge >= 0.3 is 18.0 Å². The minimum atomic E-state index is -0.651. The highest BCUT2D eigenvalue weighted by Crippen LogP contribution is 2.23. The van der Waals surface area contributed by atoms with Crippen molar-refractivity contribution in [3.63, 3.8) is 0 Å². The Morgan fingerprint density at radius 3 is 2.07 bits per heavy atom. The maximum atomic E-state index is 12.4. The van der Waals surface area contributed by atoms with Crippen molar-refractivity contribution in [2.24, 2.45) is 0 Å². The highest BCUT2D eigenvalue weighted by Gasteiger charge is 2.17. The van der Waals surface area contributed by atoms with Crippen LogP contribution in [-0.4, -0.2) is 39.3 Å². The van der Waals surface area contributed by atoms with Crippen molar-refractivity contribution in [2.75, 3.05) is 32.0 Å². The summed E-state index contributed by atoms with van der Waals surface area (Å²) in [6.45, 7) is 1.82. The number of rotatable bonds is 5. The van der Waals surface area contributed by atoms with Gasteiger partial charge in [0.25, 0.3) is 0 Å². The van der Waals surface area contributed by atoms with Crippen LogP contribution in [0.3, 0.4) is 0 Å². The van der Waals surface area contributed by atoms with Crippen molar-refractivity contribution in [3.8, 4) is 5.75 Å². The molecule has 2 aromatic rings. The lowest BCUT2D eigenvalue weighted by molar-refractivity contribution is 0.0587. The Morgan fingerprint density at radius 1 is 0.815 bits per heavy atom. The molecule has 0 aliphatic carbocycles. The van der Waals surface area contributed by atoms with Crippen LogP contribution < -0.4 is 15.4 Å². The molecule has 0 aliphatic rings. The number of carbonyl (C=O) groups excluding carboxylic acids is 3. The van der Waals surface area contributed by atoms with Crippen LogP contribution in [0.5, 0.6) is 5.75 Å². The molecule has 0 fully saturated rings. The van der Waals surface area contributed by atoms with Crippen LogP contribution in [0, 0.1) is 6.92 Å². The number of aryl methyl sites for hydroxylation is 1. The molecule has 0 saturated heterocycles. The molecule has 0 spiro atoms. The summed E-state index contributed by atoms with van der Waals surface area (Å²) in [5.74, 6) is -0.583. The van der Waals surface area contributed by atoms with E-state index in [1.807, 2.05) is 6.92 Å². The van der Waals surface area contributed by atoms with E-state index in [0.717, 1.165) is 5.56 Å². The number of esters is 2. The fourth-order valence-corrected chi connectivity index (χ4v) is 2.36. The molecule has 142 valence electrons. The average Bonchev–Trinajstić information content (AvgIpc) is 2.68. The Kier molecular flexibility index (Phi) is 6.37. The predicted molar refractivity (Wildman–Crippen MR) is 99.5 cm³/mol. The normalized spacial score (nSPS) is 9.93. The summed E-state index contributed by atoms with van der Waals surface area (Å²) in [4.78, 5) is 36.0. The van der Waals surface area contributed by atoms with Gasteiger partial charge in [0.2, 0.25) is 0 Å². The number of urea groups is 1. The van der Waals surface area contributed by atoms with E-state index >= 15 is 0 Å². The van der Waals surface area contributed by atoms with Crippen molar-refractivity contribution in [2.45, 2.75) is 6.92 Å². The number of hydrogen-bond acceptors (Lipinski definition) is 6. The second-order valence-corrected chi connectivity index (χ2v) is 5.50. The molecule has 0 radical (unpaired) electrons. The van der Waals surface area contributed by atoms with Crippen LogP contribution in [0.4, 0.5) is 16.2 Å². The second-order valence-electron chi connectivity index (χ2n) is 5.50. The smallest absolute Gasteiger partial charge is 0.339 e. The molecule has 0 bridgehead atoms. The molecule has 0 aromatic heterocycles. The number of methoxy groups -OCH3 is 3. The fourth-order valence-electron chi connectivity index (χ4n) is 2.36. The molecule has 0 saturated carbocycles. The number of ether oxygens (including phenoxy) is 3. The first kappa shape index (κ1) is 19.8. The highest BCUT2D eigenvalue weighted by molar-refractivity contribution is 6.06. The van der Waals surface area contributed by atoms with E-state index in [1.54, 1.807) is 25.3 Å². The van der Waals surface area contributed by atoms with Crippen molar-refractivity contribution < 1.29 is 28.6 Å². The van der Waals surface area contributed by atoms with Gasteiger partial charge in [0.05, 0.1) is 38.1 Å². The van der Waals surface area contributed by atoms with Crippen molar-refractivity contribution in [1.82, 2.24) is 0 Å². The van der Waals surface area contributed by atoms with E-state index < -0.39 is 18.0 Å². The summed E-state index contributed by atoms with van der Waals surface area (Å²) < 4.78 is 14.5. The van der Waals surface area contributed by atoms with Gasteiger partial charge in [-0.3, -0.25) is 0 Å². The van der Waals surface area contributed by atoms with Crippen LogP contribution in [0.1, 0.15) is 26.3 Å². The lowest BCUT2D eigenvalue weighted by atomic mass is 10.1. The molecule has 2 aromatic carbocycles. The monoisotopic (exact) mass is 372 g/mol. The summed E-state index contributed by atoms with van der Waals surface area (Å²) in [7, 11) is 4.02. The van der Waals surface area contributed by atoms with E-state index in [4.69, 9.17) is 9.47 Å². The molecule has 0 heterocycles. The topological polar surface area (TPSA) is 103 Å². The highest BCUT2D eigenvalue weighted by atomic mass is 16.5. The number of carbonyl (C=O) groups is 3. The van der Waals surface area contributed by atoms with Gasteiger partial charge < -0.3 is 24.8 Å². The SMILES string of the molecule is COC(=O)c1ccc(C(=O)OC)c(NC(=O)Nc2ccc(OC)cc2C)c1. The lowest BCUT2D eigenvalue weighted by Gasteiger charge is -2.14. The zero-order valence-corrected chi connectivity index (χ0v) is 15.4. The Bertz CT molecular complexity index is 878. The third kappa shape index (κ3) is 4.75. The summed E-state index contributed by atoms with van der Waals surface area (Å²) in [6.07, 6.45) is 0. The van der Waals surface area contributed by atoms with E-state index in [-0.39, 0.29) is 16.8 Å². The molecule has 2 amide bonds. The van der Waals surface area contributed by atoms with Crippen molar-refractivity contribution in [3.05, 3.63) is 53.1 Å². The van der Waals surface area contributed by atoms with Crippen LogP contribution in [0.2, 0.25) is 0 Å². The van der Waals surface area contributed by atoms with Gasteiger partial charge in [-0.1, -0.05) is 0 Å². The summed E-state index contributed by atoms with van der Waals surface area (Å²) >= 11 is 0. The molecule has 2 N–H and O–H groups in total.